The lowest BCUT2D eigenvalue weighted by molar-refractivity contribution is -0.0120. The number of anilines is 4. The van der Waals surface area contributed by atoms with Crippen LogP contribution in [0.25, 0.3) is 28.0 Å². The van der Waals surface area contributed by atoms with Gasteiger partial charge in [-0.3, -0.25) is 0 Å². The number of hydrogen-bond acceptors (Lipinski definition) is 5. The van der Waals surface area contributed by atoms with Crippen molar-refractivity contribution >= 4 is 50.8 Å². The van der Waals surface area contributed by atoms with Gasteiger partial charge in [-0.15, -0.1) is 0 Å². The average molecular weight is 1320 g/mol. The fraction of sp³-hybridized carbons (Fsp3) is 0.289. The van der Waals surface area contributed by atoms with Gasteiger partial charge in [-0.1, -0.05) is 176 Å². The number of allylic oxidation sites excluding steroid dienone is 28. The zero-order chi connectivity index (χ0) is 66.9. The molecule has 5 nitrogen and oxygen atoms in total. The number of halogens is 4. The molecular formula is C90H82F4N2O3. The van der Waals surface area contributed by atoms with E-state index in [9.17, 15) is 0 Å². The summed E-state index contributed by atoms with van der Waals surface area (Å²) < 4.78 is 90.7. The van der Waals surface area contributed by atoms with Gasteiger partial charge in [0, 0.05) is 65.6 Å². The van der Waals surface area contributed by atoms with E-state index < -0.39 is 34.9 Å². The van der Waals surface area contributed by atoms with Crippen LogP contribution in [0.15, 0.2) is 311 Å². The number of alkyl halides is 2. The summed E-state index contributed by atoms with van der Waals surface area (Å²) in [5.41, 5.74) is 10.4. The number of rotatable bonds is 16. The fourth-order valence-electron chi connectivity index (χ4n) is 19.8. The second-order valence-corrected chi connectivity index (χ2v) is 28.7. The minimum Gasteiger partial charge on any atom is -0.466 e. The summed E-state index contributed by atoms with van der Waals surface area (Å²) in [4.78, 5) is 4.77. The van der Waals surface area contributed by atoms with E-state index in [0.717, 1.165) is 129 Å². The summed E-state index contributed by atoms with van der Waals surface area (Å²) in [6.45, 7) is 7.89. The van der Waals surface area contributed by atoms with Crippen molar-refractivity contribution in [2.24, 2.45) is 40.9 Å². The van der Waals surface area contributed by atoms with Gasteiger partial charge in [-0.2, -0.15) is 0 Å². The van der Waals surface area contributed by atoms with E-state index in [-0.39, 0.29) is 65.8 Å². The van der Waals surface area contributed by atoms with E-state index in [1.165, 1.54) is 5.57 Å². The summed E-state index contributed by atoms with van der Waals surface area (Å²) in [5, 5.41) is 1.82. The number of ether oxygens (including phenoxy) is 2. The molecule has 12 atom stereocenters. The molecule has 0 radical (unpaired) electrons. The van der Waals surface area contributed by atoms with Crippen molar-refractivity contribution in [3.63, 3.8) is 0 Å². The van der Waals surface area contributed by atoms with Crippen molar-refractivity contribution in [2.75, 3.05) is 9.80 Å². The highest BCUT2D eigenvalue weighted by Crippen LogP contribution is 2.70. The molecule has 12 unspecified atom stereocenters. The van der Waals surface area contributed by atoms with Crippen LogP contribution in [0.2, 0.25) is 0 Å². The number of furan rings is 1. The van der Waals surface area contributed by atoms with Crippen molar-refractivity contribution in [3.8, 4) is 5.75 Å². The predicted octanol–water partition coefficient (Wildman–Crippen LogP) is 24.2. The minimum absolute atomic E-state index is 0.0252. The molecule has 11 aliphatic carbocycles. The molecule has 17 rings (SSSR count). The van der Waals surface area contributed by atoms with Crippen LogP contribution in [0.4, 0.5) is 40.3 Å². The smallest absolute Gasteiger partial charge is 0.137 e. The van der Waals surface area contributed by atoms with Crippen LogP contribution < -0.4 is 14.5 Å². The first-order valence-corrected chi connectivity index (χ1v) is 36.0. The molecule has 0 amide bonds. The van der Waals surface area contributed by atoms with Gasteiger partial charge in [0.05, 0.1) is 33.6 Å². The molecule has 9 heteroatoms. The van der Waals surface area contributed by atoms with E-state index in [4.69, 9.17) is 13.9 Å². The Bertz CT molecular complexity index is 4760. The van der Waals surface area contributed by atoms with Gasteiger partial charge in [-0.05, 0) is 207 Å². The van der Waals surface area contributed by atoms with E-state index >= 15 is 17.6 Å². The Balaban J connectivity index is 0.833. The molecule has 1 aromatic heterocycles. The summed E-state index contributed by atoms with van der Waals surface area (Å²) >= 11 is 0. The van der Waals surface area contributed by atoms with E-state index in [1.807, 2.05) is 54.6 Å². The Hall–Kier alpha value is -9.60. The second kappa shape index (κ2) is 25.9. The number of para-hydroxylation sites is 1. The molecule has 0 bridgehead atoms. The predicted molar refractivity (Wildman–Crippen MR) is 394 cm³/mol. The van der Waals surface area contributed by atoms with Gasteiger partial charge in [-0.25, -0.2) is 17.6 Å². The second-order valence-electron chi connectivity index (χ2n) is 28.7. The molecule has 6 aromatic rings. The maximum absolute atomic E-state index is 17.7. The van der Waals surface area contributed by atoms with Crippen molar-refractivity contribution in [1.82, 2.24) is 0 Å². The lowest BCUT2D eigenvalue weighted by atomic mass is 9.52. The molecule has 0 N–H and O–H groups in total. The molecule has 99 heavy (non-hydrogen) atoms. The van der Waals surface area contributed by atoms with Gasteiger partial charge in [0.15, 0.2) is 0 Å². The first-order chi connectivity index (χ1) is 48.6. The first-order valence-electron chi connectivity index (χ1n) is 36.0. The Morgan fingerprint density at radius 1 is 0.586 bits per heavy atom. The van der Waals surface area contributed by atoms with Gasteiger partial charge >= 0.3 is 0 Å². The molecule has 1 saturated carbocycles. The van der Waals surface area contributed by atoms with Crippen LogP contribution >= 0.6 is 0 Å². The molecule has 1 heterocycles. The Labute approximate surface area is 578 Å². The third-order valence-electron chi connectivity index (χ3n) is 23.8. The van der Waals surface area contributed by atoms with Crippen LogP contribution in [0.3, 0.4) is 0 Å². The van der Waals surface area contributed by atoms with Crippen LogP contribution in [-0.4, -0.2) is 18.4 Å². The highest BCUT2D eigenvalue weighted by atomic mass is 19.2. The number of nitrogens with zero attached hydrogens (tertiary/aromatic N) is 2. The highest BCUT2D eigenvalue weighted by Gasteiger charge is 2.66. The molecule has 498 valence electrons. The lowest BCUT2D eigenvalue weighted by Crippen LogP contribution is -2.51. The highest BCUT2D eigenvalue weighted by molar-refractivity contribution is 6.18. The van der Waals surface area contributed by atoms with Crippen LogP contribution in [0, 0.1) is 40.9 Å². The molecule has 5 aromatic carbocycles. The molecule has 1 fully saturated rings. The Morgan fingerprint density at radius 2 is 1.32 bits per heavy atom. The first kappa shape index (κ1) is 62.9. The number of hydrogen-bond donors (Lipinski definition) is 0. The summed E-state index contributed by atoms with van der Waals surface area (Å²) in [6, 6.07) is 37.6. The SMILES string of the molecule is C=CC1=CC=C(OC2=CC=C(C3(C4=C(F)CCC=C4F)c4cc(N(c5cccc6oc7cccc(N(C8=CC9C(C=C8)C8C=CCCC8C9(C8=CC=C(Oc9ccc(C=C)cc9)CC8)C8C(F)C=CCC8F)c8ccccc8)c7c56)C5C=CC=CC5)ccc4C4C=CCCC43)CC2)CC1. The number of fused-ring (bicyclic) bond motifs is 9. The van der Waals surface area contributed by atoms with Gasteiger partial charge in [0.25, 0.3) is 0 Å². The lowest BCUT2D eigenvalue weighted by Gasteiger charge is -2.52. The van der Waals surface area contributed by atoms with E-state index in [2.05, 4.69) is 193 Å². The third kappa shape index (κ3) is 10.5. The zero-order valence-corrected chi connectivity index (χ0v) is 55.8. The summed E-state index contributed by atoms with van der Waals surface area (Å²) in [6.07, 6.45) is 51.8. The van der Waals surface area contributed by atoms with Crippen molar-refractivity contribution in [1.29, 1.82) is 0 Å². The molecular weight excluding hydrogens is 1230 g/mol. The van der Waals surface area contributed by atoms with Crippen LogP contribution in [-0.2, 0) is 10.2 Å². The minimum atomic E-state index is -1.49. The van der Waals surface area contributed by atoms with Crippen molar-refractivity contribution < 1.29 is 31.5 Å². The largest absolute Gasteiger partial charge is 0.466 e. The fourth-order valence-corrected chi connectivity index (χ4v) is 19.8. The van der Waals surface area contributed by atoms with Gasteiger partial charge < -0.3 is 23.7 Å². The topological polar surface area (TPSA) is 38.1 Å². The molecule has 0 saturated heterocycles. The molecule has 0 aliphatic heterocycles. The molecule has 11 aliphatic rings. The maximum atomic E-state index is 17.7. The summed E-state index contributed by atoms with van der Waals surface area (Å²) in [7, 11) is 0. The standard InChI is InChI=1S/C90H82F4N2O3/c1-3-57-35-45-65(46-36-57)97-67-49-39-59(40-50-67)89(87-77(91)27-15-28-78(87)92)73-25-13-11-23-69(73)71-53-43-63(55-75(71)89)95(61-19-7-5-8-20-61)81-31-17-33-83-85(81)86-82(32-18-34-84(86)99-83)96(62-21-9-6-10-22-62)64-44-54-72-70-24-12-14-26-74(70)90(76(72)56-64,88-79(93)29-16-30-80(88)94)60-41-51-68(52-42-60)98-66-47-37-58(4-2)38-48-66/h3-12,15,17-21,23-24,27,29,31-37,39,41,43-47,49,51,53-56,62,69-71,73-75,77-78,87H,1-2,13-14,16,22,25-26,28,30,38,40,42,48,50,52H2. The number of benzene rings is 5. The normalized spacial score (nSPS) is 29.6. The Morgan fingerprint density at radius 3 is 2.04 bits per heavy atom. The summed E-state index contributed by atoms with van der Waals surface area (Å²) in [5.74, 6) is 1.04. The maximum Gasteiger partial charge on any atom is 0.137 e. The van der Waals surface area contributed by atoms with Crippen molar-refractivity contribution in [3.05, 3.63) is 324 Å². The Kier molecular flexibility index (Phi) is 16.5. The monoisotopic (exact) mass is 1310 g/mol. The van der Waals surface area contributed by atoms with Crippen LogP contribution in [0.1, 0.15) is 112 Å². The van der Waals surface area contributed by atoms with E-state index in [1.54, 1.807) is 18.2 Å². The average Bonchev–Trinajstić information content (AvgIpc) is 1.55. The zero-order valence-electron chi connectivity index (χ0n) is 55.8. The third-order valence-corrected chi connectivity index (χ3v) is 23.8. The van der Waals surface area contributed by atoms with E-state index in [0.29, 0.717) is 49.7 Å². The van der Waals surface area contributed by atoms with Crippen molar-refractivity contribution in [2.45, 2.75) is 120 Å². The van der Waals surface area contributed by atoms with Gasteiger partial charge in [0.2, 0.25) is 0 Å². The van der Waals surface area contributed by atoms with Crippen LogP contribution in [0.5, 0.6) is 5.75 Å². The van der Waals surface area contributed by atoms with Gasteiger partial charge in [0.1, 0.15) is 58.2 Å². The molecule has 0 spiro atoms. The quantitative estimate of drug-likeness (QED) is 0.0713.